The molecule has 2 aliphatic rings. The number of fused-ring (bicyclic) bond motifs is 1. The minimum absolute atomic E-state index is 0.0198. The van der Waals surface area contributed by atoms with E-state index in [0.717, 1.165) is 6.42 Å². The summed E-state index contributed by atoms with van der Waals surface area (Å²) in [5, 5.41) is 0. The van der Waals surface area contributed by atoms with Crippen molar-refractivity contribution in [1.82, 2.24) is 0 Å². The Morgan fingerprint density at radius 1 is 1.17 bits per heavy atom. The second-order valence-corrected chi connectivity index (χ2v) is 7.45. The third-order valence-electron chi connectivity index (χ3n) is 4.89. The molecule has 0 radical (unpaired) electrons. The maximum atomic E-state index is 6.28. The van der Waals surface area contributed by atoms with Crippen LogP contribution in [0.1, 0.15) is 52.5 Å². The van der Waals surface area contributed by atoms with Crippen LogP contribution in [0.3, 0.4) is 0 Å². The van der Waals surface area contributed by atoms with Crippen LogP contribution in [0.15, 0.2) is 30.3 Å². The van der Waals surface area contributed by atoms with Gasteiger partial charge in [-0.15, -0.1) is 0 Å². The van der Waals surface area contributed by atoms with Crippen molar-refractivity contribution < 1.29 is 18.9 Å². The molecule has 0 bridgehead atoms. The van der Waals surface area contributed by atoms with Crippen molar-refractivity contribution in [3.05, 3.63) is 35.9 Å². The fourth-order valence-electron chi connectivity index (χ4n) is 3.61. The molecule has 2 aliphatic heterocycles. The van der Waals surface area contributed by atoms with Gasteiger partial charge in [0.05, 0.1) is 12.7 Å². The Hall–Kier alpha value is -0.940. The van der Waals surface area contributed by atoms with Gasteiger partial charge in [-0.3, -0.25) is 0 Å². The molecular formula is C20H30O4. The zero-order valence-corrected chi connectivity index (χ0v) is 15.2. The van der Waals surface area contributed by atoms with Crippen LogP contribution in [0.2, 0.25) is 0 Å². The number of ether oxygens (including phenoxy) is 4. The number of rotatable bonds is 7. The topological polar surface area (TPSA) is 36.9 Å². The van der Waals surface area contributed by atoms with Crippen molar-refractivity contribution in [2.45, 2.75) is 84.0 Å². The Labute approximate surface area is 145 Å². The highest BCUT2D eigenvalue weighted by atomic mass is 16.8. The average molecular weight is 334 g/mol. The molecule has 0 N–H and O–H groups in total. The van der Waals surface area contributed by atoms with Crippen molar-refractivity contribution >= 4 is 0 Å². The summed E-state index contributed by atoms with van der Waals surface area (Å²) in [6.45, 7) is 8.89. The van der Waals surface area contributed by atoms with Crippen molar-refractivity contribution in [2.75, 3.05) is 0 Å². The van der Waals surface area contributed by atoms with Gasteiger partial charge in [0, 0.05) is 0 Å². The Kier molecular flexibility index (Phi) is 5.60. The molecule has 1 aromatic carbocycles. The Morgan fingerprint density at radius 2 is 1.92 bits per heavy atom. The Bertz CT molecular complexity index is 516. The lowest BCUT2D eigenvalue weighted by Gasteiger charge is -2.29. The highest BCUT2D eigenvalue weighted by Gasteiger charge is 2.56. The number of unbranched alkanes of at least 4 members (excludes halogenated alkanes) is 1. The minimum atomic E-state index is -0.610. The van der Waals surface area contributed by atoms with Crippen molar-refractivity contribution in [3.8, 4) is 0 Å². The third-order valence-corrected chi connectivity index (χ3v) is 4.89. The summed E-state index contributed by atoms with van der Waals surface area (Å²) in [7, 11) is 0. The van der Waals surface area contributed by atoms with Crippen molar-refractivity contribution in [3.63, 3.8) is 0 Å². The van der Waals surface area contributed by atoms with Crippen molar-refractivity contribution in [1.29, 1.82) is 0 Å². The second-order valence-electron chi connectivity index (χ2n) is 7.45. The van der Waals surface area contributed by atoms with E-state index in [4.69, 9.17) is 18.9 Å². The first-order valence-corrected chi connectivity index (χ1v) is 9.17. The monoisotopic (exact) mass is 334 g/mol. The minimum Gasteiger partial charge on any atom is -0.368 e. The van der Waals surface area contributed by atoms with Gasteiger partial charge in [-0.1, -0.05) is 57.0 Å². The first kappa shape index (κ1) is 17.9. The van der Waals surface area contributed by atoms with E-state index in [9.17, 15) is 0 Å². The van der Waals surface area contributed by atoms with E-state index in [1.54, 1.807) is 0 Å². The second kappa shape index (κ2) is 7.52. The molecular weight excluding hydrogens is 304 g/mol. The van der Waals surface area contributed by atoms with Gasteiger partial charge >= 0.3 is 0 Å². The quantitative estimate of drug-likeness (QED) is 0.746. The van der Waals surface area contributed by atoms with Crippen LogP contribution >= 0.6 is 0 Å². The molecule has 0 aromatic heterocycles. The summed E-state index contributed by atoms with van der Waals surface area (Å²) >= 11 is 0. The molecule has 0 saturated carbocycles. The van der Waals surface area contributed by atoms with E-state index in [1.165, 1.54) is 18.4 Å². The van der Waals surface area contributed by atoms with Gasteiger partial charge in [0.2, 0.25) is 0 Å². The van der Waals surface area contributed by atoms with Crippen LogP contribution in [0.25, 0.3) is 0 Å². The summed E-state index contributed by atoms with van der Waals surface area (Å²) in [6, 6.07) is 10.3. The first-order valence-electron chi connectivity index (χ1n) is 9.17. The lowest BCUT2D eigenvalue weighted by molar-refractivity contribution is -0.225. The lowest BCUT2D eigenvalue weighted by atomic mass is 9.93. The van der Waals surface area contributed by atoms with Crippen LogP contribution in [0, 0.1) is 5.92 Å². The predicted octanol–water partition coefficient (Wildman–Crippen LogP) is 4.27. The van der Waals surface area contributed by atoms with E-state index in [-0.39, 0.29) is 24.6 Å². The summed E-state index contributed by atoms with van der Waals surface area (Å²) < 4.78 is 24.5. The molecule has 3 rings (SSSR count). The van der Waals surface area contributed by atoms with E-state index in [0.29, 0.717) is 12.5 Å². The summed E-state index contributed by atoms with van der Waals surface area (Å²) in [5.74, 6) is -0.187. The maximum absolute atomic E-state index is 6.28. The fourth-order valence-corrected chi connectivity index (χ4v) is 3.61. The predicted molar refractivity (Wildman–Crippen MR) is 92.4 cm³/mol. The summed E-state index contributed by atoms with van der Waals surface area (Å²) in [4.78, 5) is 0. The van der Waals surface area contributed by atoms with Crippen LogP contribution in [-0.4, -0.2) is 30.4 Å². The van der Waals surface area contributed by atoms with Crippen LogP contribution in [0.4, 0.5) is 0 Å². The molecule has 2 fully saturated rings. The molecule has 2 heterocycles. The number of hydrogen-bond donors (Lipinski definition) is 0. The molecule has 24 heavy (non-hydrogen) atoms. The van der Waals surface area contributed by atoms with Gasteiger partial charge in [0.1, 0.15) is 12.2 Å². The first-order chi connectivity index (χ1) is 11.5. The highest BCUT2D eigenvalue weighted by molar-refractivity contribution is 5.13. The van der Waals surface area contributed by atoms with Crippen LogP contribution < -0.4 is 0 Å². The summed E-state index contributed by atoms with van der Waals surface area (Å²) in [6.07, 6.45) is 2.98. The molecule has 4 heteroatoms. The largest absolute Gasteiger partial charge is 0.368 e. The van der Waals surface area contributed by atoms with Crippen molar-refractivity contribution in [2.24, 2.45) is 5.92 Å². The summed E-state index contributed by atoms with van der Waals surface area (Å²) in [5.41, 5.74) is 1.17. The van der Waals surface area contributed by atoms with Gasteiger partial charge in [-0.05, 0) is 31.7 Å². The van der Waals surface area contributed by atoms with E-state index >= 15 is 0 Å². The third kappa shape index (κ3) is 3.99. The normalized spacial score (nSPS) is 32.7. The smallest absolute Gasteiger partial charge is 0.190 e. The highest BCUT2D eigenvalue weighted by Crippen LogP contribution is 2.41. The standard InChI is InChI=1S/C20H30O4/c1-5-6-10-14(2)16-17(21-13-15-11-8-7-9-12-15)18-19(22-16)24-20(3,4)23-18/h7-9,11-12,14,16-19H,5-6,10,13H2,1-4H3/t14-,16-,17-,18-,19-/m1/s1. The molecule has 0 amide bonds. The molecule has 134 valence electrons. The van der Waals surface area contributed by atoms with Crippen LogP contribution in [0.5, 0.6) is 0 Å². The lowest BCUT2D eigenvalue weighted by Crippen LogP contribution is -2.39. The molecule has 1 aromatic rings. The SMILES string of the molecule is CCCC[C@@H](C)[C@H]1O[C@@H]2OC(C)(C)O[C@@H]2[C@@H]1OCc1ccccc1. The van der Waals surface area contributed by atoms with Gasteiger partial charge in [-0.2, -0.15) is 0 Å². The average Bonchev–Trinajstić information content (AvgIpc) is 3.03. The van der Waals surface area contributed by atoms with E-state index in [1.807, 2.05) is 32.0 Å². The Morgan fingerprint density at radius 3 is 2.62 bits per heavy atom. The molecule has 0 spiro atoms. The van der Waals surface area contributed by atoms with Gasteiger partial charge in [-0.25, -0.2) is 0 Å². The van der Waals surface area contributed by atoms with Crippen LogP contribution in [-0.2, 0) is 25.6 Å². The molecule has 0 unspecified atom stereocenters. The van der Waals surface area contributed by atoms with Gasteiger partial charge < -0.3 is 18.9 Å². The Balaban J connectivity index is 1.69. The maximum Gasteiger partial charge on any atom is 0.190 e. The van der Waals surface area contributed by atoms with Gasteiger partial charge in [0.25, 0.3) is 0 Å². The molecule has 0 aliphatic carbocycles. The zero-order valence-electron chi connectivity index (χ0n) is 15.2. The fraction of sp³-hybridized carbons (Fsp3) is 0.700. The number of benzene rings is 1. The van der Waals surface area contributed by atoms with E-state index < -0.39 is 5.79 Å². The molecule has 2 saturated heterocycles. The molecule has 4 nitrogen and oxygen atoms in total. The van der Waals surface area contributed by atoms with E-state index in [2.05, 4.69) is 26.0 Å². The molecule has 5 atom stereocenters. The van der Waals surface area contributed by atoms with Gasteiger partial charge in [0.15, 0.2) is 12.1 Å². The zero-order chi connectivity index (χ0) is 17.2. The number of hydrogen-bond acceptors (Lipinski definition) is 4.